The van der Waals surface area contributed by atoms with Crippen LogP contribution in [0.2, 0.25) is 0 Å². The van der Waals surface area contributed by atoms with E-state index < -0.39 is 0 Å². The lowest BCUT2D eigenvalue weighted by Gasteiger charge is -2.10. The first kappa shape index (κ1) is 12.0. The lowest BCUT2D eigenvalue weighted by Crippen LogP contribution is -1.91. The van der Waals surface area contributed by atoms with Crippen LogP contribution < -0.4 is 4.72 Å². The number of fused-ring (bicyclic) bond motifs is 1. The highest BCUT2D eigenvalue weighted by atomic mass is 32.2. The second kappa shape index (κ2) is 5.28. The van der Waals surface area contributed by atoms with Crippen LogP contribution in [0, 0.1) is 0 Å². The number of nitrogens with one attached hydrogen (secondary N) is 1. The van der Waals surface area contributed by atoms with Crippen molar-refractivity contribution in [3.05, 3.63) is 55.0 Å². The van der Waals surface area contributed by atoms with E-state index in [-0.39, 0.29) is 0 Å². The molecule has 0 atom stereocenters. The zero-order valence-electron chi connectivity index (χ0n) is 10.5. The molecular weight excluding hydrogens is 254 g/mol. The average Bonchev–Trinajstić information content (AvgIpc) is 2.49. The number of aromatic nitrogens is 2. The van der Waals surface area contributed by atoms with Gasteiger partial charge in [0.25, 0.3) is 0 Å². The van der Waals surface area contributed by atoms with E-state index in [0.717, 1.165) is 27.7 Å². The largest absolute Gasteiger partial charge is 0.328 e. The van der Waals surface area contributed by atoms with Crippen LogP contribution in [-0.4, -0.2) is 16.2 Å². The predicted octanol–water partition coefficient (Wildman–Crippen LogP) is 3.99. The number of nitrogens with zero attached hydrogens (tertiary/aromatic N) is 2. The van der Waals surface area contributed by atoms with Gasteiger partial charge in [0.15, 0.2) is 0 Å². The smallest absolute Gasteiger partial charge is 0.0947 e. The van der Waals surface area contributed by atoms with Crippen molar-refractivity contribution in [2.45, 2.75) is 0 Å². The molecule has 3 aromatic rings. The standard InChI is InChI=1S/C15H13N3S/c1-19-18-14-7-6-12(11-4-2-8-16-10-11)13-5-3-9-17-15(13)14/h2-10,18H,1H3. The van der Waals surface area contributed by atoms with Crippen LogP contribution in [0.1, 0.15) is 0 Å². The van der Waals surface area contributed by atoms with Crippen molar-refractivity contribution in [2.24, 2.45) is 0 Å². The Morgan fingerprint density at radius 3 is 2.74 bits per heavy atom. The molecule has 0 radical (unpaired) electrons. The summed E-state index contributed by atoms with van der Waals surface area (Å²) in [5.41, 5.74) is 4.29. The third kappa shape index (κ3) is 2.27. The fourth-order valence-corrected chi connectivity index (χ4v) is 2.52. The maximum atomic E-state index is 4.49. The lowest BCUT2D eigenvalue weighted by molar-refractivity contribution is 1.33. The van der Waals surface area contributed by atoms with Gasteiger partial charge < -0.3 is 4.72 Å². The van der Waals surface area contributed by atoms with Gasteiger partial charge in [-0.3, -0.25) is 9.97 Å². The summed E-state index contributed by atoms with van der Waals surface area (Å²) < 4.78 is 3.27. The van der Waals surface area contributed by atoms with Crippen molar-refractivity contribution < 1.29 is 0 Å². The number of hydrogen-bond donors (Lipinski definition) is 1. The Morgan fingerprint density at radius 1 is 1.05 bits per heavy atom. The molecule has 0 bridgehead atoms. The summed E-state index contributed by atoms with van der Waals surface area (Å²) in [6, 6.07) is 12.2. The Balaban J connectivity index is 2.25. The fourth-order valence-electron chi connectivity index (χ4n) is 2.14. The molecule has 3 nitrogen and oxygen atoms in total. The first-order valence-electron chi connectivity index (χ1n) is 5.97. The van der Waals surface area contributed by atoms with Gasteiger partial charge in [0, 0.05) is 35.8 Å². The normalized spacial score (nSPS) is 10.6. The van der Waals surface area contributed by atoms with E-state index >= 15 is 0 Å². The van der Waals surface area contributed by atoms with E-state index in [1.807, 2.05) is 30.8 Å². The average molecular weight is 267 g/mol. The Morgan fingerprint density at radius 2 is 1.95 bits per heavy atom. The second-order valence-corrected chi connectivity index (χ2v) is 4.72. The summed E-state index contributed by atoms with van der Waals surface area (Å²) in [5.74, 6) is 0. The minimum atomic E-state index is 0.984. The van der Waals surface area contributed by atoms with Crippen LogP contribution >= 0.6 is 11.9 Å². The van der Waals surface area contributed by atoms with E-state index in [0.29, 0.717) is 0 Å². The molecule has 3 rings (SSSR count). The maximum Gasteiger partial charge on any atom is 0.0947 e. The summed E-state index contributed by atoms with van der Waals surface area (Å²) in [7, 11) is 0. The van der Waals surface area contributed by atoms with E-state index in [2.05, 4.69) is 39.0 Å². The third-order valence-electron chi connectivity index (χ3n) is 2.95. The van der Waals surface area contributed by atoms with Gasteiger partial charge in [0.1, 0.15) is 0 Å². The van der Waals surface area contributed by atoms with Gasteiger partial charge in [0.05, 0.1) is 11.2 Å². The molecular formula is C15H13N3S. The van der Waals surface area contributed by atoms with E-state index in [4.69, 9.17) is 0 Å². The zero-order chi connectivity index (χ0) is 13.1. The molecule has 94 valence electrons. The van der Waals surface area contributed by atoms with Crippen molar-refractivity contribution in [2.75, 3.05) is 11.0 Å². The van der Waals surface area contributed by atoms with E-state index in [9.17, 15) is 0 Å². The lowest BCUT2D eigenvalue weighted by atomic mass is 10.0. The molecule has 0 fully saturated rings. The summed E-state index contributed by atoms with van der Waals surface area (Å²) >= 11 is 1.57. The van der Waals surface area contributed by atoms with E-state index in [1.54, 1.807) is 18.1 Å². The highest BCUT2D eigenvalue weighted by Crippen LogP contribution is 2.32. The predicted molar refractivity (Wildman–Crippen MR) is 82.1 cm³/mol. The molecule has 0 aliphatic rings. The Hall–Kier alpha value is -2.07. The van der Waals surface area contributed by atoms with Crippen molar-refractivity contribution >= 4 is 28.5 Å². The van der Waals surface area contributed by atoms with Crippen molar-refractivity contribution in [1.82, 2.24) is 9.97 Å². The molecule has 1 aromatic carbocycles. The summed E-state index contributed by atoms with van der Waals surface area (Å²) in [6.07, 6.45) is 7.49. The van der Waals surface area contributed by atoms with Gasteiger partial charge in [-0.1, -0.05) is 30.1 Å². The van der Waals surface area contributed by atoms with Crippen molar-refractivity contribution in [1.29, 1.82) is 0 Å². The summed E-state index contributed by atoms with van der Waals surface area (Å²) in [6.45, 7) is 0. The van der Waals surface area contributed by atoms with Crippen LogP contribution in [0.5, 0.6) is 0 Å². The fraction of sp³-hybridized carbons (Fsp3) is 0.0667. The zero-order valence-corrected chi connectivity index (χ0v) is 11.3. The second-order valence-electron chi connectivity index (χ2n) is 4.11. The van der Waals surface area contributed by atoms with Gasteiger partial charge in [-0.05, 0) is 23.8 Å². The van der Waals surface area contributed by atoms with Gasteiger partial charge in [-0.25, -0.2) is 0 Å². The van der Waals surface area contributed by atoms with Gasteiger partial charge >= 0.3 is 0 Å². The maximum absolute atomic E-state index is 4.49. The minimum Gasteiger partial charge on any atom is -0.328 e. The Kier molecular flexibility index (Phi) is 3.33. The molecule has 2 aromatic heterocycles. The van der Waals surface area contributed by atoms with Crippen LogP contribution in [0.4, 0.5) is 5.69 Å². The molecule has 4 heteroatoms. The Bertz CT molecular complexity index is 698. The SMILES string of the molecule is CSNc1ccc(-c2cccnc2)c2cccnc12. The molecule has 0 saturated carbocycles. The molecule has 0 aliphatic carbocycles. The number of pyridine rings is 2. The van der Waals surface area contributed by atoms with Crippen molar-refractivity contribution in [3.63, 3.8) is 0 Å². The molecule has 0 saturated heterocycles. The third-order valence-corrected chi connectivity index (χ3v) is 3.38. The number of benzene rings is 1. The topological polar surface area (TPSA) is 37.8 Å². The van der Waals surface area contributed by atoms with Crippen LogP contribution in [0.15, 0.2) is 55.0 Å². The van der Waals surface area contributed by atoms with Crippen molar-refractivity contribution in [3.8, 4) is 11.1 Å². The first-order chi connectivity index (χ1) is 9.40. The first-order valence-corrected chi connectivity index (χ1v) is 7.20. The van der Waals surface area contributed by atoms with Gasteiger partial charge in [0.2, 0.25) is 0 Å². The number of rotatable bonds is 3. The quantitative estimate of drug-likeness (QED) is 0.728. The Labute approximate surface area is 116 Å². The molecule has 2 heterocycles. The molecule has 0 aliphatic heterocycles. The monoisotopic (exact) mass is 267 g/mol. The molecule has 0 amide bonds. The number of anilines is 1. The molecule has 0 unspecified atom stereocenters. The van der Waals surface area contributed by atoms with Crippen LogP contribution in [0.25, 0.3) is 22.0 Å². The van der Waals surface area contributed by atoms with Crippen LogP contribution in [-0.2, 0) is 0 Å². The van der Waals surface area contributed by atoms with Crippen LogP contribution in [0.3, 0.4) is 0 Å². The minimum absolute atomic E-state index is 0.984. The summed E-state index contributed by atoms with van der Waals surface area (Å²) in [5, 5.41) is 1.13. The summed E-state index contributed by atoms with van der Waals surface area (Å²) in [4.78, 5) is 8.68. The van der Waals surface area contributed by atoms with Gasteiger partial charge in [-0.2, -0.15) is 0 Å². The van der Waals surface area contributed by atoms with E-state index in [1.165, 1.54) is 0 Å². The molecule has 1 N–H and O–H groups in total. The number of hydrogen-bond acceptors (Lipinski definition) is 4. The highest BCUT2D eigenvalue weighted by molar-refractivity contribution is 7.99. The molecule has 0 spiro atoms. The molecule has 19 heavy (non-hydrogen) atoms. The highest BCUT2D eigenvalue weighted by Gasteiger charge is 2.08. The van der Waals surface area contributed by atoms with Gasteiger partial charge in [-0.15, -0.1) is 0 Å².